The highest BCUT2D eigenvalue weighted by Crippen LogP contribution is 2.40. The van der Waals surface area contributed by atoms with Crippen LogP contribution < -0.4 is 5.73 Å². The molecule has 0 aromatic heterocycles. The molecule has 2 aromatic rings. The third kappa shape index (κ3) is 5.23. The molecule has 6 nitrogen and oxygen atoms in total. The molecule has 1 unspecified atom stereocenters. The molecule has 3 rings (SSSR count). The third-order valence-electron chi connectivity index (χ3n) is 5.53. The van der Waals surface area contributed by atoms with Crippen LogP contribution in [-0.4, -0.2) is 39.5 Å². The Kier molecular flexibility index (Phi) is 7.76. The SMILES string of the molecule is C[C@H]1C(=O)C(=O)[C@@H](c2ccccc2)SN1Cc1cc(F)c(C(CO)CCC(N)=O)cc1F. The van der Waals surface area contributed by atoms with Crippen LogP contribution in [0.4, 0.5) is 8.78 Å². The molecule has 1 aliphatic rings. The minimum absolute atomic E-state index is 0.0196. The number of hydrogen-bond acceptors (Lipinski definition) is 6. The normalized spacial score (nSPS) is 20.4. The van der Waals surface area contributed by atoms with Crippen molar-refractivity contribution in [3.8, 4) is 0 Å². The summed E-state index contributed by atoms with van der Waals surface area (Å²) in [5.41, 5.74) is 5.75. The Morgan fingerprint density at radius 3 is 2.47 bits per heavy atom. The van der Waals surface area contributed by atoms with Gasteiger partial charge in [-0.15, -0.1) is 0 Å². The lowest BCUT2D eigenvalue weighted by Gasteiger charge is -2.35. The summed E-state index contributed by atoms with van der Waals surface area (Å²) in [7, 11) is 0. The number of ketones is 2. The first-order valence-corrected chi connectivity index (χ1v) is 11.0. The summed E-state index contributed by atoms with van der Waals surface area (Å²) in [6, 6.07) is 10.1. The van der Waals surface area contributed by atoms with E-state index in [0.717, 1.165) is 24.1 Å². The van der Waals surface area contributed by atoms with Crippen LogP contribution in [0.5, 0.6) is 0 Å². The molecule has 170 valence electrons. The van der Waals surface area contributed by atoms with E-state index in [0.29, 0.717) is 5.56 Å². The monoisotopic (exact) mass is 462 g/mol. The quantitative estimate of drug-likeness (QED) is 0.462. The fraction of sp³-hybridized carbons (Fsp3) is 0.348. The third-order valence-corrected chi connectivity index (χ3v) is 6.94. The van der Waals surface area contributed by atoms with Crippen LogP contribution in [0.1, 0.15) is 47.6 Å². The van der Waals surface area contributed by atoms with Crippen LogP contribution in [0, 0.1) is 11.6 Å². The summed E-state index contributed by atoms with van der Waals surface area (Å²) >= 11 is 1.12. The Morgan fingerprint density at radius 2 is 1.84 bits per heavy atom. The number of aliphatic hydroxyl groups excluding tert-OH is 1. The van der Waals surface area contributed by atoms with E-state index in [4.69, 9.17) is 5.73 Å². The van der Waals surface area contributed by atoms with Crippen LogP contribution >= 0.6 is 11.9 Å². The summed E-state index contributed by atoms with van der Waals surface area (Å²) in [5, 5.41) is 8.79. The molecule has 0 radical (unpaired) electrons. The molecule has 2 aromatic carbocycles. The summed E-state index contributed by atoms with van der Waals surface area (Å²) in [5.74, 6) is -3.89. The first-order chi connectivity index (χ1) is 15.2. The number of benzene rings is 2. The van der Waals surface area contributed by atoms with E-state index in [1.54, 1.807) is 41.6 Å². The van der Waals surface area contributed by atoms with E-state index >= 15 is 0 Å². The van der Waals surface area contributed by atoms with Crippen molar-refractivity contribution in [2.45, 2.75) is 43.5 Å². The van der Waals surface area contributed by atoms with E-state index < -0.39 is 52.9 Å². The number of nitrogens with zero attached hydrogens (tertiary/aromatic N) is 1. The van der Waals surface area contributed by atoms with Crippen molar-refractivity contribution in [1.29, 1.82) is 0 Å². The highest BCUT2D eigenvalue weighted by atomic mass is 32.2. The number of primary amides is 1. The minimum atomic E-state index is -0.796. The second kappa shape index (κ2) is 10.3. The zero-order valence-corrected chi connectivity index (χ0v) is 18.3. The number of carbonyl (C=O) groups excluding carboxylic acids is 3. The van der Waals surface area contributed by atoms with Gasteiger partial charge in [-0.3, -0.25) is 14.4 Å². The van der Waals surface area contributed by atoms with Gasteiger partial charge < -0.3 is 10.8 Å². The standard InChI is InChI=1S/C23H24F2N2O4S/c1-13-21(30)22(31)23(14-5-3-2-4-6-14)32-27(13)11-16-9-19(25)17(10-18(16)24)15(12-28)7-8-20(26)29/h2-6,9-10,13,15,23,28H,7-8,11-12H2,1H3,(H2,26,29)/t13-,15?,23+/m0/s1. The first kappa shape index (κ1) is 24.0. The van der Waals surface area contributed by atoms with Gasteiger partial charge in [0.05, 0.1) is 12.6 Å². The van der Waals surface area contributed by atoms with Crippen LogP contribution in [0.3, 0.4) is 0 Å². The van der Waals surface area contributed by atoms with E-state index in [-0.39, 0.29) is 30.5 Å². The van der Waals surface area contributed by atoms with Gasteiger partial charge in [0.2, 0.25) is 17.5 Å². The zero-order valence-electron chi connectivity index (χ0n) is 17.5. The van der Waals surface area contributed by atoms with Crippen molar-refractivity contribution in [2.24, 2.45) is 5.73 Å². The molecule has 1 saturated heterocycles. The highest BCUT2D eigenvalue weighted by molar-refractivity contribution is 7.98. The van der Waals surface area contributed by atoms with Gasteiger partial charge in [-0.1, -0.05) is 42.3 Å². The average molecular weight is 463 g/mol. The molecular formula is C23H24F2N2O4S. The van der Waals surface area contributed by atoms with Gasteiger partial charge in [0.1, 0.15) is 16.9 Å². The molecule has 1 amide bonds. The van der Waals surface area contributed by atoms with Gasteiger partial charge >= 0.3 is 0 Å². The van der Waals surface area contributed by atoms with E-state index in [9.17, 15) is 28.3 Å². The van der Waals surface area contributed by atoms with Gasteiger partial charge in [0, 0.05) is 24.4 Å². The lowest BCUT2D eigenvalue weighted by atomic mass is 9.93. The molecule has 0 spiro atoms. The Labute approximate surface area is 188 Å². The lowest BCUT2D eigenvalue weighted by Crippen LogP contribution is -2.45. The van der Waals surface area contributed by atoms with Crippen LogP contribution in [0.25, 0.3) is 0 Å². The van der Waals surface area contributed by atoms with Crippen LogP contribution in [0.2, 0.25) is 0 Å². The van der Waals surface area contributed by atoms with Gasteiger partial charge in [-0.2, -0.15) is 0 Å². The topological polar surface area (TPSA) is 101 Å². The molecule has 1 fully saturated rings. The number of Topliss-reactive ketones (excluding diaryl/α,β-unsaturated/α-hetero) is 2. The van der Waals surface area contributed by atoms with E-state index in [2.05, 4.69) is 0 Å². The smallest absolute Gasteiger partial charge is 0.218 e. The summed E-state index contributed by atoms with van der Waals surface area (Å²) in [4.78, 5) is 36.1. The van der Waals surface area contributed by atoms with Crippen molar-refractivity contribution in [1.82, 2.24) is 4.31 Å². The van der Waals surface area contributed by atoms with Crippen molar-refractivity contribution in [3.63, 3.8) is 0 Å². The fourth-order valence-corrected chi connectivity index (χ4v) is 4.88. The molecule has 0 aliphatic carbocycles. The molecule has 9 heteroatoms. The maximum absolute atomic E-state index is 14.9. The molecule has 3 atom stereocenters. The van der Waals surface area contributed by atoms with Crippen molar-refractivity contribution in [2.75, 3.05) is 6.61 Å². The summed E-state index contributed by atoms with van der Waals surface area (Å²) in [6.07, 6.45) is 0.0307. The maximum Gasteiger partial charge on any atom is 0.218 e. The van der Waals surface area contributed by atoms with Crippen LogP contribution in [-0.2, 0) is 20.9 Å². The number of carbonyl (C=O) groups is 3. The molecule has 1 aliphatic heterocycles. The van der Waals surface area contributed by atoms with E-state index in [1.165, 1.54) is 0 Å². The van der Waals surface area contributed by atoms with Gasteiger partial charge in [0.25, 0.3) is 0 Å². The Morgan fingerprint density at radius 1 is 1.16 bits per heavy atom. The largest absolute Gasteiger partial charge is 0.396 e. The predicted octanol–water partition coefficient (Wildman–Crippen LogP) is 3.04. The average Bonchev–Trinajstić information content (AvgIpc) is 2.77. The Hall–Kier alpha value is -2.62. The highest BCUT2D eigenvalue weighted by Gasteiger charge is 2.41. The number of aliphatic hydroxyl groups is 1. The van der Waals surface area contributed by atoms with E-state index in [1.807, 2.05) is 0 Å². The second-order valence-electron chi connectivity index (χ2n) is 7.73. The maximum atomic E-state index is 14.9. The lowest BCUT2D eigenvalue weighted by molar-refractivity contribution is -0.139. The molecule has 0 bridgehead atoms. The van der Waals surface area contributed by atoms with Crippen molar-refractivity contribution in [3.05, 3.63) is 70.8 Å². The van der Waals surface area contributed by atoms with Crippen molar-refractivity contribution < 1.29 is 28.3 Å². The predicted molar refractivity (Wildman–Crippen MR) is 116 cm³/mol. The molecule has 1 heterocycles. The summed E-state index contributed by atoms with van der Waals surface area (Å²) in [6.45, 7) is 1.00. The van der Waals surface area contributed by atoms with Crippen LogP contribution in [0.15, 0.2) is 42.5 Å². The Bertz CT molecular complexity index is 1020. The fourth-order valence-electron chi connectivity index (χ4n) is 3.62. The number of rotatable bonds is 8. The number of nitrogens with two attached hydrogens (primary N) is 1. The van der Waals surface area contributed by atoms with Crippen molar-refractivity contribution >= 4 is 29.4 Å². The molecule has 32 heavy (non-hydrogen) atoms. The summed E-state index contributed by atoms with van der Waals surface area (Å²) < 4.78 is 31.2. The zero-order chi connectivity index (χ0) is 23.4. The van der Waals surface area contributed by atoms with Gasteiger partial charge in [-0.25, -0.2) is 13.1 Å². The number of amides is 1. The number of halogens is 2. The second-order valence-corrected chi connectivity index (χ2v) is 8.88. The first-order valence-electron chi connectivity index (χ1n) is 10.2. The van der Waals surface area contributed by atoms with Gasteiger partial charge in [0.15, 0.2) is 0 Å². The Balaban J connectivity index is 1.84. The minimum Gasteiger partial charge on any atom is -0.396 e. The molecular weight excluding hydrogens is 438 g/mol. The molecule has 3 N–H and O–H groups in total. The molecule has 0 saturated carbocycles. The van der Waals surface area contributed by atoms with Gasteiger partial charge in [-0.05, 0) is 36.6 Å². The number of hydrogen-bond donors (Lipinski definition) is 2.